The summed E-state index contributed by atoms with van der Waals surface area (Å²) in [6.45, 7) is 3.51. The summed E-state index contributed by atoms with van der Waals surface area (Å²) in [6.07, 6.45) is 3.52. The number of nitrogens with zero attached hydrogens (tertiary/aromatic N) is 1. The van der Waals surface area contributed by atoms with Crippen molar-refractivity contribution in [2.75, 3.05) is 6.54 Å². The first-order valence-electron chi connectivity index (χ1n) is 7.85. The number of nitrogens with one attached hydrogen (secondary N) is 1. The van der Waals surface area contributed by atoms with Gasteiger partial charge in [-0.05, 0) is 6.42 Å². The number of β-amino-alcohol motifs (C(OH)–C–C–N with tert-alkyl or cyclic N) is 1. The fraction of sp³-hybridized carbons (Fsp3) is 0.800. The molecule has 1 fully saturated rings. The molecule has 0 aromatic heterocycles. The molecule has 1 rings (SSSR count). The fourth-order valence-electron chi connectivity index (χ4n) is 2.71. The SMILES string of the molecule is CCCCCC[C@@H](NC(=O)[C@@H]1C[C@@H](O)CN1C(C)=O)C(=O)O. The molecule has 0 spiro atoms. The van der Waals surface area contributed by atoms with Crippen molar-refractivity contribution in [1.29, 1.82) is 0 Å². The Bertz CT molecular complexity index is 413. The van der Waals surface area contributed by atoms with Crippen molar-refractivity contribution in [2.24, 2.45) is 0 Å². The molecule has 1 aliphatic rings. The summed E-state index contributed by atoms with van der Waals surface area (Å²) in [5.41, 5.74) is 0. The Balaban J connectivity index is 2.58. The van der Waals surface area contributed by atoms with E-state index in [9.17, 15) is 24.6 Å². The lowest BCUT2D eigenvalue weighted by Gasteiger charge is -2.24. The van der Waals surface area contributed by atoms with Crippen LogP contribution in [0.15, 0.2) is 0 Å². The third-order valence-electron chi connectivity index (χ3n) is 3.95. The molecule has 0 saturated carbocycles. The normalized spacial score (nSPS) is 22.4. The number of rotatable bonds is 8. The zero-order valence-corrected chi connectivity index (χ0v) is 13.2. The molecule has 0 aromatic carbocycles. The molecule has 7 nitrogen and oxygen atoms in total. The number of carbonyl (C=O) groups is 3. The second kappa shape index (κ2) is 8.73. The standard InChI is InChI=1S/C15H26N2O5/c1-3-4-5-6-7-12(15(21)22)16-14(20)13-8-11(19)9-17(13)10(2)18/h11-13,19H,3-9H2,1-2H3,(H,16,20)(H,21,22)/t11-,12-,13+/m1/s1. The molecule has 22 heavy (non-hydrogen) atoms. The average Bonchev–Trinajstić information content (AvgIpc) is 2.84. The Kier molecular flexibility index (Phi) is 7.31. The predicted octanol–water partition coefficient (Wildman–Crippen LogP) is 0.508. The van der Waals surface area contributed by atoms with Crippen LogP contribution in [0.4, 0.5) is 0 Å². The molecular weight excluding hydrogens is 288 g/mol. The molecule has 0 aliphatic carbocycles. The highest BCUT2D eigenvalue weighted by Crippen LogP contribution is 2.18. The highest BCUT2D eigenvalue weighted by atomic mass is 16.4. The molecule has 0 radical (unpaired) electrons. The van der Waals surface area contributed by atoms with E-state index in [1.54, 1.807) is 0 Å². The first-order valence-corrected chi connectivity index (χ1v) is 7.85. The van der Waals surface area contributed by atoms with Gasteiger partial charge in [-0.2, -0.15) is 0 Å². The molecule has 1 saturated heterocycles. The Labute approximate surface area is 130 Å². The van der Waals surface area contributed by atoms with E-state index in [1.807, 2.05) is 0 Å². The number of carboxylic acids is 1. The van der Waals surface area contributed by atoms with Gasteiger partial charge in [-0.3, -0.25) is 9.59 Å². The molecule has 7 heteroatoms. The van der Waals surface area contributed by atoms with E-state index in [0.29, 0.717) is 6.42 Å². The molecule has 3 N–H and O–H groups in total. The summed E-state index contributed by atoms with van der Waals surface area (Å²) in [7, 11) is 0. The number of aliphatic hydroxyl groups is 1. The smallest absolute Gasteiger partial charge is 0.326 e. The van der Waals surface area contributed by atoms with Gasteiger partial charge in [0.15, 0.2) is 0 Å². The summed E-state index contributed by atoms with van der Waals surface area (Å²) < 4.78 is 0. The maximum Gasteiger partial charge on any atom is 0.326 e. The molecule has 0 bridgehead atoms. The van der Waals surface area contributed by atoms with Gasteiger partial charge in [0.1, 0.15) is 12.1 Å². The number of carbonyl (C=O) groups excluding carboxylic acids is 2. The van der Waals surface area contributed by atoms with E-state index in [2.05, 4.69) is 12.2 Å². The van der Waals surface area contributed by atoms with Crippen molar-refractivity contribution in [3.8, 4) is 0 Å². The molecule has 1 heterocycles. The van der Waals surface area contributed by atoms with Crippen molar-refractivity contribution in [3.63, 3.8) is 0 Å². The summed E-state index contributed by atoms with van der Waals surface area (Å²) in [5.74, 6) is -1.88. The van der Waals surface area contributed by atoms with Crippen LogP contribution in [0, 0.1) is 0 Å². The minimum Gasteiger partial charge on any atom is -0.480 e. The highest BCUT2D eigenvalue weighted by Gasteiger charge is 2.38. The van der Waals surface area contributed by atoms with E-state index in [0.717, 1.165) is 25.7 Å². The number of likely N-dealkylation sites (tertiary alicyclic amines) is 1. The van der Waals surface area contributed by atoms with E-state index >= 15 is 0 Å². The van der Waals surface area contributed by atoms with Gasteiger partial charge in [-0.25, -0.2) is 4.79 Å². The van der Waals surface area contributed by atoms with E-state index in [-0.39, 0.29) is 18.9 Å². The first-order chi connectivity index (χ1) is 10.4. The van der Waals surface area contributed by atoms with Crippen molar-refractivity contribution in [3.05, 3.63) is 0 Å². The second-order valence-electron chi connectivity index (χ2n) is 5.83. The number of hydrogen-bond donors (Lipinski definition) is 3. The molecule has 1 aliphatic heterocycles. The van der Waals surface area contributed by atoms with Gasteiger partial charge in [-0.15, -0.1) is 0 Å². The molecule has 0 aromatic rings. The quantitative estimate of drug-likeness (QED) is 0.566. The molecule has 0 unspecified atom stereocenters. The van der Waals surface area contributed by atoms with Crippen molar-refractivity contribution < 1.29 is 24.6 Å². The topological polar surface area (TPSA) is 107 Å². The Hall–Kier alpha value is -1.63. The number of carboxylic acid groups (broad SMARTS) is 1. The van der Waals surface area contributed by atoms with Crippen LogP contribution >= 0.6 is 0 Å². The fourth-order valence-corrected chi connectivity index (χ4v) is 2.71. The zero-order chi connectivity index (χ0) is 16.7. The Morgan fingerprint density at radius 3 is 2.50 bits per heavy atom. The van der Waals surface area contributed by atoms with Gasteiger partial charge in [0, 0.05) is 19.9 Å². The largest absolute Gasteiger partial charge is 0.480 e. The van der Waals surface area contributed by atoms with Crippen LogP contribution in [0.25, 0.3) is 0 Å². The van der Waals surface area contributed by atoms with Crippen LogP contribution < -0.4 is 5.32 Å². The van der Waals surface area contributed by atoms with Crippen LogP contribution in [0.2, 0.25) is 0 Å². The number of aliphatic carboxylic acids is 1. The number of hydrogen-bond acceptors (Lipinski definition) is 4. The average molecular weight is 314 g/mol. The summed E-state index contributed by atoms with van der Waals surface area (Å²) in [6, 6.07) is -1.74. The van der Waals surface area contributed by atoms with Crippen molar-refractivity contribution in [1.82, 2.24) is 10.2 Å². The monoisotopic (exact) mass is 314 g/mol. The lowest BCUT2D eigenvalue weighted by Crippen LogP contribution is -2.50. The highest BCUT2D eigenvalue weighted by molar-refractivity contribution is 5.90. The number of unbranched alkanes of at least 4 members (excludes halogenated alkanes) is 3. The number of amides is 2. The summed E-state index contributed by atoms with van der Waals surface area (Å²) in [5, 5.41) is 21.3. The van der Waals surface area contributed by atoms with Gasteiger partial charge < -0.3 is 20.4 Å². The van der Waals surface area contributed by atoms with E-state index in [1.165, 1.54) is 11.8 Å². The van der Waals surface area contributed by atoms with Crippen LogP contribution in [0.5, 0.6) is 0 Å². The van der Waals surface area contributed by atoms with Crippen molar-refractivity contribution >= 4 is 17.8 Å². The third kappa shape index (κ3) is 5.29. The zero-order valence-electron chi connectivity index (χ0n) is 13.2. The third-order valence-corrected chi connectivity index (χ3v) is 3.95. The van der Waals surface area contributed by atoms with Crippen LogP contribution in [0.3, 0.4) is 0 Å². The minimum atomic E-state index is -1.07. The van der Waals surface area contributed by atoms with Crippen LogP contribution in [0.1, 0.15) is 52.4 Å². The van der Waals surface area contributed by atoms with Gasteiger partial charge in [-0.1, -0.05) is 32.6 Å². The lowest BCUT2D eigenvalue weighted by atomic mass is 10.1. The second-order valence-corrected chi connectivity index (χ2v) is 5.83. The van der Waals surface area contributed by atoms with Gasteiger partial charge in [0.25, 0.3) is 0 Å². The van der Waals surface area contributed by atoms with E-state index in [4.69, 9.17) is 0 Å². The predicted molar refractivity (Wildman–Crippen MR) is 80.1 cm³/mol. The van der Waals surface area contributed by atoms with Crippen molar-refractivity contribution in [2.45, 2.75) is 70.6 Å². The minimum absolute atomic E-state index is 0.113. The molecule has 126 valence electrons. The summed E-state index contributed by atoms with van der Waals surface area (Å²) >= 11 is 0. The van der Waals surface area contributed by atoms with Gasteiger partial charge in [0.2, 0.25) is 11.8 Å². The maximum atomic E-state index is 12.2. The Morgan fingerprint density at radius 1 is 1.27 bits per heavy atom. The maximum absolute atomic E-state index is 12.2. The molecule has 3 atom stereocenters. The molecule has 2 amide bonds. The van der Waals surface area contributed by atoms with Crippen LogP contribution in [-0.2, 0) is 14.4 Å². The first kappa shape index (κ1) is 18.4. The van der Waals surface area contributed by atoms with Gasteiger partial charge >= 0.3 is 5.97 Å². The summed E-state index contributed by atoms with van der Waals surface area (Å²) in [4.78, 5) is 36.3. The number of aliphatic hydroxyl groups excluding tert-OH is 1. The molecular formula is C15H26N2O5. The lowest BCUT2D eigenvalue weighted by molar-refractivity contribution is -0.143. The Morgan fingerprint density at radius 2 is 1.95 bits per heavy atom. The van der Waals surface area contributed by atoms with E-state index < -0.39 is 30.1 Å². The van der Waals surface area contributed by atoms with Gasteiger partial charge in [0.05, 0.1) is 6.10 Å². The van der Waals surface area contributed by atoms with Crippen LogP contribution in [-0.4, -0.2) is 57.6 Å².